The first-order valence-electron chi connectivity index (χ1n) is 6.44. The van der Waals surface area contributed by atoms with E-state index in [1.807, 2.05) is 31.2 Å². The van der Waals surface area contributed by atoms with Crippen LogP contribution in [0.15, 0.2) is 24.3 Å². The Morgan fingerprint density at radius 3 is 2.53 bits per heavy atom. The molecule has 0 amide bonds. The van der Waals surface area contributed by atoms with Gasteiger partial charge in [0.05, 0.1) is 6.61 Å². The molecule has 0 heterocycles. The van der Waals surface area contributed by atoms with Crippen LogP contribution in [-0.2, 0) is 9.59 Å². The lowest BCUT2D eigenvalue weighted by molar-refractivity contribution is -0.146. The fraction of sp³-hybridized carbons (Fsp3) is 0.467. The maximum Gasteiger partial charge on any atom is 0.314 e. The van der Waals surface area contributed by atoms with Gasteiger partial charge >= 0.3 is 5.97 Å². The molecule has 1 aromatic rings. The lowest BCUT2D eigenvalue weighted by Crippen LogP contribution is -2.21. The summed E-state index contributed by atoms with van der Waals surface area (Å²) in [4.78, 5) is 21.9. The molecule has 0 aliphatic rings. The predicted octanol–water partition coefficient (Wildman–Crippen LogP) is 2.83. The Morgan fingerprint density at radius 2 is 1.95 bits per heavy atom. The van der Waals surface area contributed by atoms with Crippen LogP contribution in [0.2, 0.25) is 0 Å². The number of carbonyl (C=O) groups is 2. The van der Waals surface area contributed by atoms with Gasteiger partial charge in [-0.05, 0) is 44.7 Å². The van der Waals surface area contributed by atoms with Crippen molar-refractivity contribution in [3.63, 3.8) is 0 Å². The van der Waals surface area contributed by atoms with Crippen LogP contribution in [0.3, 0.4) is 0 Å². The molecule has 1 N–H and O–H groups in total. The SMILES string of the molecule is CC(=O)C(CCCCOc1ccccc1C)C(=O)O. The quantitative estimate of drug-likeness (QED) is 0.579. The van der Waals surface area contributed by atoms with Gasteiger partial charge in [-0.3, -0.25) is 9.59 Å². The molecule has 0 aliphatic heterocycles. The lowest BCUT2D eigenvalue weighted by atomic mass is 9.98. The molecule has 0 fully saturated rings. The van der Waals surface area contributed by atoms with Gasteiger partial charge in [-0.25, -0.2) is 0 Å². The molecule has 19 heavy (non-hydrogen) atoms. The van der Waals surface area contributed by atoms with E-state index in [0.717, 1.165) is 17.7 Å². The van der Waals surface area contributed by atoms with Gasteiger partial charge in [-0.1, -0.05) is 18.2 Å². The normalized spacial score (nSPS) is 11.9. The molecule has 0 bridgehead atoms. The molecule has 1 atom stereocenters. The molecule has 104 valence electrons. The zero-order chi connectivity index (χ0) is 14.3. The Balaban J connectivity index is 2.26. The van der Waals surface area contributed by atoms with E-state index in [2.05, 4.69) is 0 Å². The van der Waals surface area contributed by atoms with E-state index in [0.29, 0.717) is 19.4 Å². The Hall–Kier alpha value is -1.84. The first kappa shape index (κ1) is 15.2. The molecule has 1 aromatic carbocycles. The van der Waals surface area contributed by atoms with Gasteiger partial charge in [-0.15, -0.1) is 0 Å². The number of ether oxygens (including phenoxy) is 1. The van der Waals surface area contributed by atoms with Gasteiger partial charge in [0, 0.05) is 0 Å². The van der Waals surface area contributed by atoms with Gasteiger partial charge in [0.25, 0.3) is 0 Å². The fourth-order valence-corrected chi connectivity index (χ4v) is 1.85. The van der Waals surface area contributed by atoms with Crippen LogP contribution in [0.5, 0.6) is 5.75 Å². The van der Waals surface area contributed by atoms with Crippen molar-refractivity contribution < 1.29 is 19.4 Å². The highest BCUT2D eigenvalue weighted by atomic mass is 16.5. The number of carbonyl (C=O) groups excluding carboxylic acids is 1. The predicted molar refractivity (Wildman–Crippen MR) is 72.3 cm³/mol. The van der Waals surface area contributed by atoms with Crippen molar-refractivity contribution in [3.05, 3.63) is 29.8 Å². The zero-order valence-corrected chi connectivity index (χ0v) is 11.4. The first-order chi connectivity index (χ1) is 9.02. The molecule has 0 aliphatic carbocycles. The highest BCUT2D eigenvalue weighted by molar-refractivity contribution is 5.96. The highest BCUT2D eigenvalue weighted by Crippen LogP contribution is 2.17. The number of Topliss-reactive ketones (excluding diaryl/α,β-unsaturated/α-hetero) is 1. The number of hydrogen-bond donors (Lipinski definition) is 1. The van der Waals surface area contributed by atoms with Crippen LogP contribution in [0.1, 0.15) is 31.7 Å². The third kappa shape index (κ3) is 5.12. The summed E-state index contributed by atoms with van der Waals surface area (Å²) in [6, 6.07) is 7.75. The van der Waals surface area contributed by atoms with E-state index < -0.39 is 11.9 Å². The standard InChI is InChI=1S/C15H20O4/c1-11-7-3-4-9-14(11)19-10-6-5-8-13(12(2)16)15(17)18/h3-4,7,9,13H,5-6,8,10H2,1-2H3,(H,17,18). The Bertz CT molecular complexity index is 426. The van der Waals surface area contributed by atoms with Crippen LogP contribution < -0.4 is 4.74 Å². The van der Waals surface area contributed by atoms with E-state index in [9.17, 15) is 9.59 Å². The van der Waals surface area contributed by atoms with Crippen molar-refractivity contribution in [2.24, 2.45) is 5.92 Å². The van der Waals surface area contributed by atoms with E-state index in [1.165, 1.54) is 6.92 Å². The van der Waals surface area contributed by atoms with Crippen LogP contribution in [0.4, 0.5) is 0 Å². The summed E-state index contributed by atoms with van der Waals surface area (Å²) < 4.78 is 5.61. The number of unbranched alkanes of at least 4 members (excludes halogenated alkanes) is 1. The second-order valence-corrected chi connectivity index (χ2v) is 4.61. The largest absolute Gasteiger partial charge is 0.493 e. The molecule has 1 rings (SSSR count). The molecule has 0 spiro atoms. The van der Waals surface area contributed by atoms with E-state index in [-0.39, 0.29) is 5.78 Å². The molecular weight excluding hydrogens is 244 g/mol. The number of ketones is 1. The molecule has 4 nitrogen and oxygen atoms in total. The summed E-state index contributed by atoms with van der Waals surface area (Å²) in [5, 5.41) is 8.86. The third-order valence-electron chi connectivity index (χ3n) is 3.03. The minimum atomic E-state index is -1.03. The number of hydrogen-bond acceptors (Lipinski definition) is 3. The Kier molecular flexibility index (Phi) is 6.06. The number of aliphatic carboxylic acids is 1. The lowest BCUT2D eigenvalue weighted by Gasteiger charge is -2.10. The van der Waals surface area contributed by atoms with Crippen LogP contribution in [-0.4, -0.2) is 23.5 Å². The summed E-state index contributed by atoms with van der Waals surface area (Å²) >= 11 is 0. The zero-order valence-electron chi connectivity index (χ0n) is 11.4. The minimum Gasteiger partial charge on any atom is -0.493 e. The van der Waals surface area contributed by atoms with Crippen LogP contribution >= 0.6 is 0 Å². The van der Waals surface area contributed by atoms with Gasteiger partial charge < -0.3 is 9.84 Å². The van der Waals surface area contributed by atoms with Crippen molar-refractivity contribution in [3.8, 4) is 5.75 Å². The average molecular weight is 264 g/mol. The molecule has 0 aromatic heterocycles. The molecule has 1 unspecified atom stereocenters. The van der Waals surface area contributed by atoms with Gasteiger partial charge in [0.2, 0.25) is 0 Å². The van der Waals surface area contributed by atoms with E-state index in [4.69, 9.17) is 9.84 Å². The van der Waals surface area contributed by atoms with E-state index >= 15 is 0 Å². The van der Waals surface area contributed by atoms with Gasteiger partial charge in [0.1, 0.15) is 17.5 Å². The highest BCUT2D eigenvalue weighted by Gasteiger charge is 2.21. The summed E-state index contributed by atoms with van der Waals surface area (Å²) in [5.41, 5.74) is 1.08. The minimum absolute atomic E-state index is 0.285. The van der Waals surface area contributed by atoms with Crippen molar-refractivity contribution in [1.29, 1.82) is 0 Å². The number of rotatable bonds is 8. The van der Waals surface area contributed by atoms with Crippen molar-refractivity contribution in [2.45, 2.75) is 33.1 Å². The van der Waals surface area contributed by atoms with Crippen molar-refractivity contribution in [2.75, 3.05) is 6.61 Å². The Morgan fingerprint density at radius 1 is 1.26 bits per heavy atom. The summed E-state index contributed by atoms with van der Waals surface area (Å²) in [6.45, 7) is 3.84. The second kappa shape index (κ2) is 7.56. The number of aryl methyl sites for hydroxylation is 1. The summed E-state index contributed by atoms with van der Waals surface area (Å²) in [5.74, 6) is -1.35. The van der Waals surface area contributed by atoms with Gasteiger partial charge in [-0.2, -0.15) is 0 Å². The molecular formula is C15H20O4. The number of carboxylic acids is 1. The molecule has 4 heteroatoms. The molecule has 0 saturated heterocycles. The second-order valence-electron chi connectivity index (χ2n) is 4.61. The monoisotopic (exact) mass is 264 g/mol. The van der Waals surface area contributed by atoms with Gasteiger partial charge in [0.15, 0.2) is 0 Å². The fourth-order valence-electron chi connectivity index (χ4n) is 1.85. The van der Waals surface area contributed by atoms with E-state index in [1.54, 1.807) is 0 Å². The molecule has 0 radical (unpaired) electrons. The maximum absolute atomic E-state index is 11.1. The summed E-state index contributed by atoms with van der Waals surface area (Å²) in [7, 11) is 0. The van der Waals surface area contributed by atoms with Crippen molar-refractivity contribution in [1.82, 2.24) is 0 Å². The maximum atomic E-state index is 11.1. The smallest absolute Gasteiger partial charge is 0.314 e. The first-order valence-corrected chi connectivity index (χ1v) is 6.44. The van der Waals surface area contributed by atoms with Crippen molar-refractivity contribution >= 4 is 11.8 Å². The number of para-hydroxylation sites is 1. The third-order valence-corrected chi connectivity index (χ3v) is 3.03. The average Bonchev–Trinajstić information content (AvgIpc) is 2.34. The Labute approximate surface area is 113 Å². The van der Waals surface area contributed by atoms with Crippen LogP contribution in [0, 0.1) is 12.8 Å². The van der Waals surface area contributed by atoms with Crippen LogP contribution in [0.25, 0.3) is 0 Å². The number of carboxylic acid groups (broad SMARTS) is 1. The topological polar surface area (TPSA) is 63.6 Å². The molecule has 0 saturated carbocycles. The summed E-state index contributed by atoms with van der Waals surface area (Å²) in [6.07, 6.45) is 1.79. The number of benzene rings is 1.